The summed E-state index contributed by atoms with van der Waals surface area (Å²) in [5.74, 6) is 0.685. The van der Waals surface area contributed by atoms with Crippen LogP contribution in [0.5, 0.6) is 5.75 Å². The molecule has 152 valence electrons. The maximum atomic E-state index is 12.7. The molecule has 0 spiro atoms. The molecular weight excluding hydrogens is 380 g/mol. The van der Waals surface area contributed by atoms with Gasteiger partial charge >= 0.3 is 0 Å². The third-order valence-corrected chi connectivity index (χ3v) is 6.44. The summed E-state index contributed by atoms with van der Waals surface area (Å²) in [6.45, 7) is 1.09. The first-order valence-electron chi connectivity index (χ1n) is 9.11. The molecule has 1 heterocycles. The maximum Gasteiger partial charge on any atom is 0.218 e. The van der Waals surface area contributed by atoms with E-state index < -0.39 is 21.3 Å². The zero-order chi connectivity index (χ0) is 20.0. The Kier molecular flexibility index (Phi) is 7.03. The number of hydrogen-bond acceptors (Lipinski definition) is 6. The Morgan fingerprint density at radius 3 is 2.71 bits per heavy atom. The Bertz CT molecular complexity index is 860. The number of hydroxylamine groups is 2. The topological polar surface area (TPSA) is 77.1 Å². The fourth-order valence-electron chi connectivity index (χ4n) is 3.20. The van der Waals surface area contributed by atoms with E-state index >= 15 is 0 Å². The number of nitrogens with zero attached hydrogens (tertiary/aromatic N) is 1. The quantitative estimate of drug-likeness (QED) is 0.643. The SMILES string of the molecule is COCCNS(=O)(=O)[C@@H]1CON(C)[C@H]1c1cccc(OCc2ccccc2)c1. The second-order valence-electron chi connectivity index (χ2n) is 6.60. The smallest absolute Gasteiger partial charge is 0.218 e. The minimum atomic E-state index is -3.57. The van der Waals surface area contributed by atoms with Gasteiger partial charge in [-0.05, 0) is 23.3 Å². The van der Waals surface area contributed by atoms with E-state index in [2.05, 4.69) is 4.72 Å². The van der Waals surface area contributed by atoms with Crippen molar-refractivity contribution >= 4 is 10.0 Å². The zero-order valence-corrected chi connectivity index (χ0v) is 16.9. The van der Waals surface area contributed by atoms with Gasteiger partial charge in [-0.1, -0.05) is 42.5 Å². The van der Waals surface area contributed by atoms with Gasteiger partial charge in [0, 0.05) is 20.7 Å². The first kappa shape index (κ1) is 20.8. The average Bonchev–Trinajstić information content (AvgIpc) is 3.10. The van der Waals surface area contributed by atoms with Crippen LogP contribution in [0, 0.1) is 0 Å². The second kappa shape index (κ2) is 9.49. The maximum absolute atomic E-state index is 12.7. The molecule has 2 aromatic carbocycles. The Balaban J connectivity index is 1.75. The second-order valence-corrected chi connectivity index (χ2v) is 8.59. The lowest BCUT2D eigenvalue weighted by atomic mass is 10.0. The van der Waals surface area contributed by atoms with Crippen LogP contribution in [0.1, 0.15) is 17.2 Å². The molecule has 0 unspecified atom stereocenters. The molecule has 1 aliphatic rings. The lowest BCUT2D eigenvalue weighted by molar-refractivity contribution is -0.110. The van der Waals surface area contributed by atoms with E-state index in [4.69, 9.17) is 14.3 Å². The molecule has 7 nitrogen and oxygen atoms in total. The lowest BCUT2D eigenvalue weighted by Crippen LogP contribution is -2.40. The molecular formula is C20H26N2O5S. The number of methoxy groups -OCH3 is 1. The molecule has 0 aromatic heterocycles. The van der Waals surface area contributed by atoms with Crippen molar-refractivity contribution in [2.24, 2.45) is 0 Å². The van der Waals surface area contributed by atoms with E-state index in [1.54, 1.807) is 12.1 Å². The normalized spacial score (nSPS) is 20.4. The molecule has 1 aliphatic heterocycles. The molecule has 3 rings (SSSR count). The standard InChI is InChI=1S/C20H26N2O5S/c1-22-20(19(15-27-22)28(23,24)21-11-12-25-2)17-9-6-10-18(13-17)26-14-16-7-4-3-5-8-16/h3-10,13,19-21H,11-12,14-15H2,1-2H3/t19-,20+/m1/s1. The van der Waals surface area contributed by atoms with Crippen LogP contribution in [-0.4, -0.2) is 52.6 Å². The van der Waals surface area contributed by atoms with Crippen molar-refractivity contribution in [3.63, 3.8) is 0 Å². The van der Waals surface area contributed by atoms with Crippen LogP contribution in [-0.2, 0) is 26.2 Å². The van der Waals surface area contributed by atoms with E-state index in [1.807, 2.05) is 54.6 Å². The van der Waals surface area contributed by atoms with Gasteiger partial charge < -0.3 is 9.47 Å². The Hall–Kier alpha value is -1.97. The summed E-state index contributed by atoms with van der Waals surface area (Å²) < 4.78 is 38.9. The summed E-state index contributed by atoms with van der Waals surface area (Å²) in [6, 6.07) is 16.9. The minimum Gasteiger partial charge on any atom is -0.489 e. The van der Waals surface area contributed by atoms with Gasteiger partial charge in [0.15, 0.2) is 0 Å². The Morgan fingerprint density at radius 2 is 1.96 bits per heavy atom. The van der Waals surface area contributed by atoms with Crippen LogP contribution in [0.25, 0.3) is 0 Å². The van der Waals surface area contributed by atoms with Crippen molar-refractivity contribution in [3.05, 3.63) is 65.7 Å². The third-order valence-electron chi connectivity index (χ3n) is 4.64. The van der Waals surface area contributed by atoms with Gasteiger partial charge in [0.05, 0.1) is 19.3 Å². The van der Waals surface area contributed by atoms with E-state index in [9.17, 15) is 8.42 Å². The first-order valence-corrected chi connectivity index (χ1v) is 10.7. The predicted molar refractivity (Wildman–Crippen MR) is 106 cm³/mol. The van der Waals surface area contributed by atoms with Crippen LogP contribution >= 0.6 is 0 Å². The number of benzene rings is 2. The molecule has 8 heteroatoms. The number of hydrogen-bond donors (Lipinski definition) is 1. The largest absolute Gasteiger partial charge is 0.489 e. The zero-order valence-electron chi connectivity index (χ0n) is 16.1. The Morgan fingerprint density at radius 1 is 1.18 bits per heavy atom. The van der Waals surface area contributed by atoms with Crippen molar-refractivity contribution in [2.45, 2.75) is 17.9 Å². The van der Waals surface area contributed by atoms with Crippen molar-refractivity contribution in [3.8, 4) is 5.75 Å². The summed E-state index contributed by atoms with van der Waals surface area (Å²) in [5.41, 5.74) is 1.89. The average molecular weight is 407 g/mol. The van der Waals surface area contributed by atoms with E-state index in [0.717, 1.165) is 11.1 Å². The molecule has 0 radical (unpaired) electrons. The number of rotatable bonds is 9. The highest BCUT2D eigenvalue weighted by Gasteiger charge is 2.43. The summed E-state index contributed by atoms with van der Waals surface area (Å²) >= 11 is 0. The lowest BCUT2D eigenvalue weighted by Gasteiger charge is -2.23. The van der Waals surface area contributed by atoms with Crippen LogP contribution < -0.4 is 9.46 Å². The van der Waals surface area contributed by atoms with Gasteiger partial charge in [0.25, 0.3) is 0 Å². The summed E-state index contributed by atoms with van der Waals surface area (Å²) in [5, 5.41) is 0.870. The number of nitrogens with one attached hydrogen (secondary N) is 1. The molecule has 0 saturated carbocycles. The van der Waals surface area contributed by atoms with Gasteiger partial charge in [-0.3, -0.25) is 4.84 Å². The van der Waals surface area contributed by atoms with Crippen LogP contribution in [0.4, 0.5) is 0 Å². The van der Waals surface area contributed by atoms with Gasteiger partial charge in [-0.2, -0.15) is 5.06 Å². The molecule has 0 aliphatic carbocycles. The van der Waals surface area contributed by atoms with Gasteiger partial charge in [-0.25, -0.2) is 13.1 Å². The molecule has 2 aromatic rings. The van der Waals surface area contributed by atoms with Crippen molar-refractivity contribution in [1.29, 1.82) is 0 Å². The highest BCUT2D eigenvalue weighted by Crippen LogP contribution is 2.34. The molecule has 1 saturated heterocycles. The van der Waals surface area contributed by atoms with Crippen LogP contribution in [0.15, 0.2) is 54.6 Å². The van der Waals surface area contributed by atoms with Crippen molar-refractivity contribution < 1.29 is 22.7 Å². The highest BCUT2D eigenvalue weighted by molar-refractivity contribution is 7.90. The van der Waals surface area contributed by atoms with Gasteiger partial charge in [0.1, 0.15) is 17.6 Å². The van der Waals surface area contributed by atoms with Crippen molar-refractivity contribution in [1.82, 2.24) is 9.79 Å². The van der Waals surface area contributed by atoms with E-state index in [1.165, 1.54) is 7.11 Å². The molecule has 0 bridgehead atoms. The van der Waals surface area contributed by atoms with E-state index in [0.29, 0.717) is 19.0 Å². The van der Waals surface area contributed by atoms with E-state index in [-0.39, 0.29) is 13.2 Å². The van der Waals surface area contributed by atoms with Gasteiger partial charge in [0.2, 0.25) is 10.0 Å². The fraction of sp³-hybridized carbons (Fsp3) is 0.400. The number of sulfonamides is 1. The van der Waals surface area contributed by atoms with Crippen molar-refractivity contribution in [2.75, 3.05) is 33.9 Å². The summed E-state index contributed by atoms with van der Waals surface area (Å²) in [4.78, 5) is 5.54. The minimum absolute atomic E-state index is 0.0958. The summed E-state index contributed by atoms with van der Waals surface area (Å²) in [7, 11) is -0.293. The Labute approximate surface area is 166 Å². The van der Waals surface area contributed by atoms with Crippen LogP contribution in [0.2, 0.25) is 0 Å². The molecule has 2 atom stereocenters. The number of ether oxygens (including phenoxy) is 2. The molecule has 1 N–H and O–H groups in total. The predicted octanol–water partition coefficient (Wildman–Crippen LogP) is 2.12. The molecule has 1 fully saturated rings. The molecule has 28 heavy (non-hydrogen) atoms. The first-order chi connectivity index (χ1) is 13.5. The molecule has 0 amide bonds. The fourth-order valence-corrected chi connectivity index (χ4v) is 4.69. The van der Waals surface area contributed by atoms with Gasteiger partial charge in [-0.15, -0.1) is 0 Å². The monoisotopic (exact) mass is 406 g/mol. The highest BCUT2D eigenvalue weighted by atomic mass is 32.2. The third kappa shape index (κ3) is 5.09. The summed E-state index contributed by atoms with van der Waals surface area (Å²) in [6.07, 6.45) is 0. The van der Waals surface area contributed by atoms with Crippen LogP contribution in [0.3, 0.4) is 0 Å².